The summed E-state index contributed by atoms with van der Waals surface area (Å²) in [6.07, 6.45) is 1.23. The fourth-order valence-electron chi connectivity index (χ4n) is 7.24. The molecule has 3 saturated carbocycles. The van der Waals surface area contributed by atoms with Crippen LogP contribution in [0.4, 0.5) is 0 Å². The van der Waals surface area contributed by atoms with Gasteiger partial charge in [0.2, 0.25) is 0 Å². The van der Waals surface area contributed by atoms with E-state index < -0.39 is 78.2 Å². The molecular formula is C22H30O10S2. The zero-order valence-corrected chi connectivity index (χ0v) is 21.2. The number of Topliss-reactive ketones (excluding diaryl/α,β-unsaturated/α-hetero) is 1. The predicted octanol–water partition coefficient (Wildman–Crippen LogP) is 1.01. The number of aldehydes is 1. The number of hydrogen-bond donors (Lipinski definition) is 0. The highest BCUT2D eigenvalue weighted by molar-refractivity contribution is 7.86. The third-order valence-corrected chi connectivity index (χ3v) is 9.60. The molecule has 0 N–H and O–H groups in total. The molecule has 2 spiro atoms. The van der Waals surface area contributed by atoms with E-state index in [1.54, 1.807) is 0 Å². The molecule has 3 aliphatic carbocycles. The van der Waals surface area contributed by atoms with Crippen molar-refractivity contribution in [2.24, 2.45) is 34.0 Å². The Kier molecular flexibility index (Phi) is 5.75. The molecule has 34 heavy (non-hydrogen) atoms. The molecule has 0 aromatic rings. The first-order chi connectivity index (χ1) is 15.5. The second-order valence-electron chi connectivity index (χ2n) is 10.8. The molecule has 0 aromatic carbocycles. The van der Waals surface area contributed by atoms with Gasteiger partial charge in [0.15, 0.2) is 11.2 Å². The van der Waals surface area contributed by atoms with Crippen LogP contribution >= 0.6 is 0 Å². The number of cyclic esters (lactones) is 1. The van der Waals surface area contributed by atoms with Crippen molar-refractivity contribution in [3.63, 3.8) is 0 Å². The molecule has 10 nitrogen and oxygen atoms in total. The fraction of sp³-hybridized carbons (Fsp3) is 0.773. The number of ketones is 1. The van der Waals surface area contributed by atoms with Crippen molar-refractivity contribution in [1.29, 1.82) is 0 Å². The van der Waals surface area contributed by atoms with Crippen LogP contribution in [0.15, 0.2) is 12.2 Å². The van der Waals surface area contributed by atoms with E-state index in [-0.39, 0.29) is 31.4 Å². The molecule has 4 aliphatic rings. The lowest BCUT2D eigenvalue weighted by atomic mass is 9.43. The van der Waals surface area contributed by atoms with Crippen molar-refractivity contribution in [3.8, 4) is 0 Å². The van der Waals surface area contributed by atoms with E-state index in [0.717, 1.165) is 18.8 Å². The highest BCUT2D eigenvalue weighted by Crippen LogP contribution is 2.68. The summed E-state index contributed by atoms with van der Waals surface area (Å²) in [4.78, 5) is 39.7. The number of fused-ring (bicyclic) bond motifs is 2. The predicted molar refractivity (Wildman–Crippen MR) is 118 cm³/mol. The monoisotopic (exact) mass is 518 g/mol. The van der Waals surface area contributed by atoms with Crippen LogP contribution in [0.2, 0.25) is 0 Å². The first-order valence-corrected chi connectivity index (χ1v) is 14.8. The summed E-state index contributed by atoms with van der Waals surface area (Å²) in [5.74, 6) is -4.12. The summed E-state index contributed by atoms with van der Waals surface area (Å²) in [6.45, 7) is 7.22. The first-order valence-electron chi connectivity index (χ1n) is 11.1. The number of ether oxygens (including phenoxy) is 1. The van der Waals surface area contributed by atoms with Gasteiger partial charge in [-0.3, -0.25) is 18.0 Å². The summed E-state index contributed by atoms with van der Waals surface area (Å²) in [5.41, 5.74) is -4.00. The van der Waals surface area contributed by atoms with Gasteiger partial charge in [0.05, 0.1) is 18.6 Å². The van der Waals surface area contributed by atoms with Crippen LogP contribution in [0, 0.1) is 34.0 Å². The molecule has 0 unspecified atom stereocenters. The first kappa shape index (κ1) is 25.5. The molecule has 1 saturated heterocycles. The molecule has 12 heteroatoms. The van der Waals surface area contributed by atoms with Gasteiger partial charge in [0, 0.05) is 17.3 Å². The topological polar surface area (TPSA) is 147 Å². The van der Waals surface area contributed by atoms with Crippen molar-refractivity contribution in [2.45, 2.75) is 51.7 Å². The maximum atomic E-state index is 13.7. The Labute approximate surface area is 199 Å². The van der Waals surface area contributed by atoms with Crippen LogP contribution in [0.5, 0.6) is 0 Å². The molecule has 4 rings (SSSR count). The van der Waals surface area contributed by atoms with Gasteiger partial charge in [-0.15, -0.1) is 0 Å². The van der Waals surface area contributed by atoms with Crippen molar-refractivity contribution in [2.75, 3.05) is 19.1 Å². The highest BCUT2D eigenvalue weighted by Gasteiger charge is 2.78. The molecule has 1 aliphatic heterocycles. The van der Waals surface area contributed by atoms with Crippen LogP contribution < -0.4 is 0 Å². The van der Waals surface area contributed by atoms with E-state index in [1.165, 1.54) is 0 Å². The van der Waals surface area contributed by atoms with E-state index in [1.807, 2.05) is 13.8 Å². The van der Waals surface area contributed by atoms with Gasteiger partial charge in [-0.2, -0.15) is 16.8 Å². The smallest absolute Gasteiger partial charge is 0.323 e. The van der Waals surface area contributed by atoms with Gasteiger partial charge < -0.3 is 9.53 Å². The Hall–Kier alpha value is -1.63. The zero-order chi connectivity index (χ0) is 25.5. The van der Waals surface area contributed by atoms with Crippen molar-refractivity contribution < 1.29 is 44.3 Å². The average molecular weight is 519 g/mol. The number of rotatable bonds is 5. The largest absolute Gasteiger partial charge is 0.464 e. The summed E-state index contributed by atoms with van der Waals surface area (Å²) in [5, 5.41) is 0. The zero-order valence-electron chi connectivity index (χ0n) is 19.6. The fourth-order valence-corrected chi connectivity index (χ4v) is 8.60. The van der Waals surface area contributed by atoms with E-state index >= 15 is 0 Å². The Balaban J connectivity index is 2.00. The summed E-state index contributed by atoms with van der Waals surface area (Å²) < 4.78 is 65.3. The van der Waals surface area contributed by atoms with Gasteiger partial charge in [0.1, 0.15) is 19.0 Å². The Morgan fingerprint density at radius 2 is 1.65 bits per heavy atom. The van der Waals surface area contributed by atoms with Gasteiger partial charge in [-0.05, 0) is 42.6 Å². The third-order valence-electron chi connectivity index (χ3n) is 8.46. The van der Waals surface area contributed by atoms with E-state index in [9.17, 15) is 31.2 Å². The van der Waals surface area contributed by atoms with Crippen LogP contribution in [-0.2, 0) is 47.7 Å². The molecular weight excluding hydrogens is 488 g/mol. The number of carbonyl (C=O) groups excluding carboxylic acids is 3. The molecule has 190 valence electrons. The van der Waals surface area contributed by atoms with Crippen LogP contribution in [0.1, 0.15) is 39.5 Å². The lowest BCUT2D eigenvalue weighted by Crippen LogP contribution is -2.71. The van der Waals surface area contributed by atoms with E-state index in [4.69, 9.17) is 13.1 Å². The Bertz CT molecular complexity index is 1170. The van der Waals surface area contributed by atoms with Crippen molar-refractivity contribution in [1.82, 2.24) is 0 Å². The molecule has 1 heterocycles. The summed E-state index contributed by atoms with van der Waals surface area (Å²) >= 11 is 0. The molecule has 0 amide bonds. The molecule has 0 aromatic heterocycles. The lowest BCUT2D eigenvalue weighted by Gasteiger charge is -2.62. The minimum atomic E-state index is -4.10. The molecule has 0 radical (unpaired) electrons. The van der Waals surface area contributed by atoms with E-state index in [2.05, 4.69) is 6.58 Å². The van der Waals surface area contributed by atoms with Crippen LogP contribution in [-0.4, -0.2) is 66.2 Å². The molecule has 4 fully saturated rings. The second kappa shape index (κ2) is 7.68. The summed E-state index contributed by atoms with van der Waals surface area (Å²) in [6, 6.07) is 0. The van der Waals surface area contributed by atoms with Crippen LogP contribution in [0.3, 0.4) is 0 Å². The quantitative estimate of drug-likeness (QED) is 0.170. The molecule has 7 atom stereocenters. The molecule has 2 bridgehead atoms. The maximum Gasteiger partial charge on any atom is 0.323 e. The van der Waals surface area contributed by atoms with Gasteiger partial charge in [-0.25, -0.2) is 0 Å². The van der Waals surface area contributed by atoms with Gasteiger partial charge in [0.25, 0.3) is 20.2 Å². The Morgan fingerprint density at radius 1 is 1.03 bits per heavy atom. The van der Waals surface area contributed by atoms with Gasteiger partial charge in [-0.1, -0.05) is 20.4 Å². The summed E-state index contributed by atoms with van der Waals surface area (Å²) in [7, 11) is -8.09. The number of hydrogen-bond acceptors (Lipinski definition) is 10. The third kappa shape index (κ3) is 3.43. The standard InChI is InChI=1S/C22H30O10S2/c1-12-13-6-7-14-21(15(10-23)20(2,3)9-8-16(21)31-33(4,26)27)11-30-19(25)22(14,17(12)24)18(13)32-34(5,28)29/h10,13-16,18H,1,6-9,11H2,2-5H3/t13-,14-,15+,16-,18+,21-,22-/m0/s1. The van der Waals surface area contributed by atoms with Crippen molar-refractivity contribution >= 4 is 38.3 Å². The maximum absolute atomic E-state index is 13.7. The lowest BCUT2D eigenvalue weighted by molar-refractivity contribution is -0.240. The SMILES string of the molecule is C=C1C(=O)[C@@]23C(=O)OC[C@]4([C@@H](OS(C)(=O)=O)CCC(C)(C)[C@H]4C=O)[C@@H]2CC[C@@H]1[C@H]3OS(C)(=O)=O. The van der Waals surface area contributed by atoms with Crippen molar-refractivity contribution in [3.05, 3.63) is 12.2 Å². The highest BCUT2D eigenvalue weighted by atomic mass is 32.2. The number of carbonyl (C=O) groups is 3. The normalized spacial score (nSPS) is 41.8. The minimum Gasteiger partial charge on any atom is -0.464 e. The second-order valence-corrected chi connectivity index (χ2v) is 14.0. The minimum absolute atomic E-state index is 0.0726. The average Bonchev–Trinajstić information content (AvgIpc) is 2.80. The Morgan fingerprint density at radius 3 is 2.21 bits per heavy atom. The number of esters is 1. The van der Waals surface area contributed by atoms with Crippen LogP contribution in [0.25, 0.3) is 0 Å². The van der Waals surface area contributed by atoms with Gasteiger partial charge >= 0.3 is 5.97 Å². The van der Waals surface area contributed by atoms with E-state index in [0.29, 0.717) is 6.42 Å².